The van der Waals surface area contributed by atoms with E-state index < -0.39 is 0 Å². The Morgan fingerprint density at radius 2 is 2.25 bits per heavy atom. The molecule has 20 heavy (non-hydrogen) atoms. The second-order valence-corrected chi connectivity index (χ2v) is 6.65. The van der Waals surface area contributed by atoms with Gasteiger partial charge in [0.2, 0.25) is 5.91 Å². The molecule has 108 valence electrons. The first-order valence-corrected chi connectivity index (χ1v) is 7.96. The molecule has 2 aliphatic rings. The van der Waals surface area contributed by atoms with Crippen molar-refractivity contribution in [2.75, 3.05) is 30.4 Å². The molecule has 2 unspecified atom stereocenters. The van der Waals surface area contributed by atoms with Crippen molar-refractivity contribution in [2.45, 2.75) is 25.8 Å². The molecule has 1 saturated heterocycles. The summed E-state index contributed by atoms with van der Waals surface area (Å²) in [5, 5.41) is 6.02. The molecule has 0 saturated carbocycles. The maximum atomic E-state index is 11.9. The van der Waals surface area contributed by atoms with E-state index in [1.165, 1.54) is 18.5 Å². The van der Waals surface area contributed by atoms with Crippen molar-refractivity contribution in [2.24, 2.45) is 5.92 Å². The minimum atomic E-state index is -0.240. The van der Waals surface area contributed by atoms with Gasteiger partial charge in [0.05, 0.1) is 5.69 Å². The third kappa shape index (κ3) is 2.33. The number of nitrogens with one attached hydrogen (secondary N) is 2. The van der Waals surface area contributed by atoms with E-state index in [4.69, 9.17) is 0 Å². The minimum Gasteiger partial charge on any atom is -0.370 e. The summed E-state index contributed by atoms with van der Waals surface area (Å²) in [6.07, 6.45) is 2.54. The van der Waals surface area contributed by atoms with Crippen LogP contribution in [-0.2, 0) is 4.79 Å². The highest BCUT2D eigenvalue weighted by atomic mass is 79.9. The molecular formula is C15H20BrN3O. The van der Waals surface area contributed by atoms with Gasteiger partial charge in [-0.1, -0.05) is 6.92 Å². The van der Waals surface area contributed by atoms with Gasteiger partial charge in [-0.2, -0.15) is 0 Å². The molecule has 5 heteroatoms. The molecule has 2 aliphatic heterocycles. The van der Waals surface area contributed by atoms with Crippen LogP contribution in [0.1, 0.15) is 31.4 Å². The van der Waals surface area contributed by atoms with Gasteiger partial charge in [-0.05, 0) is 53.9 Å². The van der Waals surface area contributed by atoms with Gasteiger partial charge in [0.25, 0.3) is 0 Å². The number of benzene rings is 1. The van der Waals surface area contributed by atoms with Crippen molar-refractivity contribution in [3.63, 3.8) is 0 Å². The van der Waals surface area contributed by atoms with E-state index in [1.807, 2.05) is 7.05 Å². The quantitative estimate of drug-likeness (QED) is 0.872. The van der Waals surface area contributed by atoms with Crippen LogP contribution < -0.4 is 15.5 Å². The maximum Gasteiger partial charge on any atom is 0.246 e. The number of carbonyl (C=O) groups excluding carboxylic acids is 1. The number of nitrogens with zero attached hydrogens (tertiary/aromatic N) is 1. The van der Waals surface area contributed by atoms with E-state index in [9.17, 15) is 4.79 Å². The Labute approximate surface area is 128 Å². The van der Waals surface area contributed by atoms with Crippen LogP contribution in [0.15, 0.2) is 16.6 Å². The third-order valence-corrected chi connectivity index (χ3v) is 4.87. The Kier molecular flexibility index (Phi) is 3.73. The minimum absolute atomic E-state index is 0.0264. The van der Waals surface area contributed by atoms with E-state index >= 15 is 0 Å². The molecule has 2 atom stereocenters. The predicted octanol–water partition coefficient (Wildman–Crippen LogP) is 2.90. The van der Waals surface area contributed by atoms with Gasteiger partial charge < -0.3 is 15.5 Å². The van der Waals surface area contributed by atoms with Crippen LogP contribution in [0.3, 0.4) is 0 Å². The van der Waals surface area contributed by atoms with E-state index in [0.717, 1.165) is 34.7 Å². The highest BCUT2D eigenvalue weighted by molar-refractivity contribution is 9.10. The average Bonchev–Trinajstić information content (AvgIpc) is 2.72. The summed E-state index contributed by atoms with van der Waals surface area (Å²) in [7, 11) is 1.81. The number of hydrogen-bond acceptors (Lipinski definition) is 3. The molecule has 0 bridgehead atoms. The topological polar surface area (TPSA) is 44.4 Å². The fraction of sp³-hybridized carbons (Fsp3) is 0.533. The lowest BCUT2D eigenvalue weighted by Crippen LogP contribution is -2.34. The summed E-state index contributed by atoms with van der Waals surface area (Å²) in [6, 6.07) is 3.94. The average molecular weight is 338 g/mol. The smallest absolute Gasteiger partial charge is 0.246 e. The van der Waals surface area contributed by atoms with Crippen LogP contribution in [0, 0.1) is 5.92 Å². The van der Waals surface area contributed by atoms with Crippen molar-refractivity contribution in [1.29, 1.82) is 0 Å². The van der Waals surface area contributed by atoms with Gasteiger partial charge >= 0.3 is 0 Å². The van der Waals surface area contributed by atoms with Crippen LogP contribution in [0.2, 0.25) is 0 Å². The molecule has 0 aromatic heterocycles. The number of fused-ring (bicyclic) bond motifs is 1. The summed E-state index contributed by atoms with van der Waals surface area (Å²) in [6.45, 7) is 4.47. The molecule has 4 nitrogen and oxygen atoms in total. The summed E-state index contributed by atoms with van der Waals surface area (Å²) >= 11 is 3.67. The fourth-order valence-corrected chi connectivity index (χ4v) is 3.82. The molecule has 2 N–H and O–H groups in total. The molecule has 3 rings (SSSR count). The number of halogens is 1. The second-order valence-electron chi connectivity index (χ2n) is 5.80. The molecule has 1 fully saturated rings. The first-order chi connectivity index (χ1) is 9.60. The Hall–Kier alpha value is -1.07. The van der Waals surface area contributed by atoms with Gasteiger partial charge in [0.1, 0.15) is 6.04 Å². The van der Waals surface area contributed by atoms with Gasteiger partial charge in [-0.3, -0.25) is 4.79 Å². The SMILES string of the molecule is CNC1C(=O)Nc2cc(N3CCCC(C)C3)c(Br)cc21. The molecule has 2 heterocycles. The lowest BCUT2D eigenvalue weighted by molar-refractivity contribution is -0.117. The molecule has 1 amide bonds. The van der Waals surface area contributed by atoms with E-state index in [1.54, 1.807) is 0 Å². The number of rotatable bonds is 2. The zero-order valence-corrected chi connectivity index (χ0v) is 13.5. The molecule has 1 aromatic rings. The normalized spacial score (nSPS) is 25.6. The number of likely N-dealkylation sites (N-methyl/N-ethyl adjacent to an activating group) is 1. The van der Waals surface area contributed by atoms with E-state index in [0.29, 0.717) is 0 Å². The zero-order chi connectivity index (χ0) is 14.3. The third-order valence-electron chi connectivity index (χ3n) is 4.24. The van der Waals surface area contributed by atoms with E-state index in [-0.39, 0.29) is 11.9 Å². The Balaban J connectivity index is 1.95. The first-order valence-electron chi connectivity index (χ1n) is 7.16. The van der Waals surface area contributed by atoms with Gasteiger partial charge in [-0.25, -0.2) is 0 Å². The second kappa shape index (κ2) is 5.37. The summed E-state index contributed by atoms with van der Waals surface area (Å²) < 4.78 is 1.07. The van der Waals surface area contributed by atoms with Crippen LogP contribution >= 0.6 is 15.9 Å². The van der Waals surface area contributed by atoms with Gasteiger partial charge in [-0.15, -0.1) is 0 Å². The van der Waals surface area contributed by atoms with Crippen LogP contribution in [0.5, 0.6) is 0 Å². The highest BCUT2D eigenvalue weighted by Crippen LogP contribution is 2.39. The molecule has 1 aromatic carbocycles. The summed E-state index contributed by atoms with van der Waals surface area (Å²) in [5.41, 5.74) is 3.15. The number of carbonyl (C=O) groups is 1. The number of hydrogen-bond donors (Lipinski definition) is 2. The van der Waals surface area contributed by atoms with Crippen molar-refractivity contribution >= 4 is 33.2 Å². The number of anilines is 2. The Morgan fingerprint density at radius 1 is 1.45 bits per heavy atom. The largest absolute Gasteiger partial charge is 0.370 e. The molecule has 0 radical (unpaired) electrons. The van der Waals surface area contributed by atoms with Gasteiger partial charge in [0.15, 0.2) is 0 Å². The Bertz CT molecular complexity index is 546. The lowest BCUT2D eigenvalue weighted by Gasteiger charge is -2.33. The summed E-state index contributed by atoms with van der Waals surface area (Å²) in [4.78, 5) is 14.3. The maximum absolute atomic E-state index is 11.9. The Morgan fingerprint density at radius 3 is 2.95 bits per heavy atom. The lowest BCUT2D eigenvalue weighted by atomic mass is 9.99. The van der Waals surface area contributed by atoms with Crippen LogP contribution in [-0.4, -0.2) is 26.0 Å². The fourth-order valence-electron chi connectivity index (χ4n) is 3.21. The molecular weight excluding hydrogens is 318 g/mol. The van der Waals surface area contributed by atoms with E-state index in [2.05, 4.69) is 50.5 Å². The summed E-state index contributed by atoms with van der Waals surface area (Å²) in [5.74, 6) is 0.752. The standard InChI is InChI=1S/C15H20BrN3O/c1-9-4-3-5-19(8-9)13-7-12-10(6-11(13)16)14(17-2)15(20)18-12/h6-7,9,14,17H,3-5,8H2,1-2H3,(H,18,20). The van der Waals surface area contributed by atoms with Crippen molar-refractivity contribution in [3.05, 3.63) is 22.2 Å². The molecule has 0 spiro atoms. The molecule has 0 aliphatic carbocycles. The predicted molar refractivity (Wildman–Crippen MR) is 85.2 cm³/mol. The highest BCUT2D eigenvalue weighted by Gasteiger charge is 2.31. The van der Waals surface area contributed by atoms with Crippen LogP contribution in [0.4, 0.5) is 11.4 Å². The monoisotopic (exact) mass is 337 g/mol. The van der Waals surface area contributed by atoms with Crippen LogP contribution in [0.25, 0.3) is 0 Å². The zero-order valence-electron chi connectivity index (χ0n) is 11.9. The first kappa shape index (κ1) is 13.9. The number of amides is 1. The van der Waals surface area contributed by atoms with Gasteiger partial charge in [0, 0.05) is 28.8 Å². The number of piperidine rings is 1. The van der Waals surface area contributed by atoms with Crippen molar-refractivity contribution in [3.8, 4) is 0 Å². The van der Waals surface area contributed by atoms with Crippen molar-refractivity contribution < 1.29 is 4.79 Å². The van der Waals surface area contributed by atoms with Crippen molar-refractivity contribution in [1.82, 2.24) is 5.32 Å².